The Bertz CT molecular complexity index is 1160. The minimum atomic E-state index is -3.68. The number of sulfonamides is 1. The minimum absolute atomic E-state index is 0.0864. The lowest BCUT2D eigenvalue weighted by Crippen LogP contribution is -2.23. The number of hydrogen-bond acceptors (Lipinski definition) is 3. The van der Waals surface area contributed by atoms with E-state index in [2.05, 4.69) is 42.9 Å². The monoisotopic (exact) mass is 436 g/mol. The number of anilines is 1. The molecule has 0 aliphatic rings. The van der Waals surface area contributed by atoms with Gasteiger partial charge in [0.05, 0.1) is 10.6 Å². The number of carbonyl (C=O) groups is 1. The summed E-state index contributed by atoms with van der Waals surface area (Å²) in [6.45, 7) is 8.68. The zero-order chi connectivity index (χ0) is 22.6. The predicted octanol–water partition coefficient (Wildman–Crippen LogP) is 5.02. The van der Waals surface area contributed by atoms with Gasteiger partial charge in [-0.1, -0.05) is 63.2 Å². The number of benzene rings is 3. The van der Waals surface area contributed by atoms with Gasteiger partial charge in [0.15, 0.2) is 0 Å². The predicted molar refractivity (Wildman–Crippen MR) is 125 cm³/mol. The van der Waals surface area contributed by atoms with E-state index in [9.17, 15) is 13.2 Å². The Morgan fingerprint density at radius 1 is 0.903 bits per heavy atom. The number of aryl methyl sites for hydroxylation is 1. The Kier molecular flexibility index (Phi) is 6.51. The van der Waals surface area contributed by atoms with Crippen LogP contribution in [0.4, 0.5) is 5.69 Å². The largest absolute Gasteiger partial charge is 0.348 e. The summed E-state index contributed by atoms with van der Waals surface area (Å²) in [5.41, 5.74) is 3.94. The normalized spacial score (nSPS) is 11.7. The molecule has 0 heterocycles. The molecule has 31 heavy (non-hydrogen) atoms. The van der Waals surface area contributed by atoms with Crippen LogP contribution in [0, 0.1) is 6.92 Å². The lowest BCUT2D eigenvalue weighted by atomic mass is 9.87. The van der Waals surface area contributed by atoms with Crippen LogP contribution in [-0.4, -0.2) is 14.3 Å². The Hall–Kier alpha value is -3.12. The molecule has 3 aromatic rings. The lowest BCUT2D eigenvalue weighted by Gasteiger charge is -2.19. The van der Waals surface area contributed by atoms with Crippen molar-refractivity contribution in [2.45, 2.75) is 44.6 Å². The number of nitrogens with one attached hydrogen (secondary N) is 2. The van der Waals surface area contributed by atoms with Gasteiger partial charge in [0, 0.05) is 12.1 Å². The van der Waals surface area contributed by atoms with Crippen LogP contribution in [0.25, 0.3) is 0 Å². The molecule has 0 aliphatic carbocycles. The Morgan fingerprint density at radius 3 is 2.13 bits per heavy atom. The topological polar surface area (TPSA) is 75.3 Å². The molecule has 0 atom stereocenters. The van der Waals surface area contributed by atoms with Crippen LogP contribution >= 0.6 is 0 Å². The lowest BCUT2D eigenvalue weighted by molar-refractivity contribution is 0.0951. The molecule has 1 amide bonds. The van der Waals surface area contributed by atoms with Gasteiger partial charge in [0.25, 0.3) is 15.9 Å². The number of amides is 1. The average molecular weight is 437 g/mol. The Labute approximate surface area is 184 Å². The number of hydrogen-bond donors (Lipinski definition) is 2. The third-order valence-electron chi connectivity index (χ3n) is 5.06. The van der Waals surface area contributed by atoms with Crippen LogP contribution in [0.5, 0.6) is 0 Å². The van der Waals surface area contributed by atoms with Crippen LogP contribution in [0.15, 0.2) is 77.7 Å². The molecule has 3 rings (SSSR count). The average Bonchev–Trinajstić information content (AvgIpc) is 2.73. The first-order valence-corrected chi connectivity index (χ1v) is 11.6. The van der Waals surface area contributed by atoms with Crippen molar-refractivity contribution in [3.8, 4) is 0 Å². The molecule has 0 aromatic heterocycles. The summed E-state index contributed by atoms with van der Waals surface area (Å²) in [6, 6.07) is 21.3. The fourth-order valence-electron chi connectivity index (χ4n) is 3.13. The molecular weight excluding hydrogens is 408 g/mol. The van der Waals surface area contributed by atoms with Crippen molar-refractivity contribution in [2.24, 2.45) is 0 Å². The molecule has 0 bridgehead atoms. The zero-order valence-corrected chi connectivity index (χ0v) is 19.1. The van der Waals surface area contributed by atoms with E-state index in [4.69, 9.17) is 0 Å². The molecular formula is C25H28N2O3S. The maximum absolute atomic E-state index is 12.6. The first kappa shape index (κ1) is 22.6. The van der Waals surface area contributed by atoms with Gasteiger partial charge in [-0.15, -0.1) is 0 Å². The van der Waals surface area contributed by atoms with E-state index in [1.807, 2.05) is 12.1 Å². The van der Waals surface area contributed by atoms with Gasteiger partial charge in [-0.3, -0.25) is 9.52 Å². The van der Waals surface area contributed by atoms with Crippen molar-refractivity contribution in [3.63, 3.8) is 0 Å². The second-order valence-electron chi connectivity index (χ2n) is 8.58. The van der Waals surface area contributed by atoms with Crippen LogP contribution in [-0.2, 0) is 22.0 Å². The molecule has 0 aliphatic heterocycles. The summed E-state index contributed by atoms with van der Waals surface area (Å²) < 4.78 is 27.6. The fraction of sp³-hybridized carbons (Fsp3) is 0.240. The van der Waals surface area contributed by atoms with E-state index in [0.717, 1.165) is 5.56 Å². The van der Waals surface area contributed by atoms with E-state index in [0.29, 0.717) is 23.4 Å². The molecule has 0 saturated heterocycles. The third-order valence-corrected chi connectivity index (χ3v) is 6.44. The molecule has 162 valence electrons. The fourth-order valence-corrected chi connectivity index (χ4v) is 4.28. The molecule has 0 fully saturated rings. The van der Waals surface area contributed by atoms with E-state index in [1.165, 1.54) is 17.7 Å². The first-order valence-electron chi connectivity index (χ1n) is 10.1. The standard InChI is InChI=1S/C25H28N2O3S/c1-18-16-20(12-15-23(18)27-31(29,30)22-8-6-5-7-9-22)24(28)26-17-19-10-13-21(14-11-19)25(2,3)4/h5-16,27H,17H2,1-4H3,(H,26,28). The van der Waals surface area contributed by atoms with Gasteiger partial charge in [-0.2, -0.15) is 0 Å². The first-order chi connectivity index (χ1) is 14.6. The van der Waals surface area contributed by atoms with Crippen molar-refractivity contribution in [1.29, 1.82) is 0 Å². The molecule has 0 unspecified atom stereocenters. The molecule has 3 aromatic carbocycles. The summed E-state index contributed by atoms with van der Waals surface area (Å²) >= 11 is 0. The van der Waals surface area contributed by atoms with Crippen molar-refractivity contribution < 1.29 is 13.2 Å². The summed E-state index contributed by atoms with van der Waals surface area (Å²) in [7, 11) is -3.68. The van der Waals surface area contributed by atoms with Gasteiger partial charge in [-0.05, 0) is 59.4 Å². The second-order valence-corrected chi connectivity index (χ2v) is 10.3. The summed E-state index contributed by atoms with van der Waals surface area (Å²) in [5.74, 6) is -0.208. The maximum Gasteiger partial charge on any atom is 0.261 e. The quantitative estimate of drug-likeness (QED) is 0.569. The number of carbonyl (C=O) groups excluding carboxylic acids is 1. The zero-order valence-electron chi connectivity index (χ0n) is 18.3. The van der Waals surface area contributed by atoms with Gasteiger partial charge >= 0.3 is 0 Å². The van der Waals surface area contributed by atoms with Gasteiger partial charge in [0.2, 0.25) is 0 Å². The van der Waals surface area contributed by atoms with Crippen molar-refractivity contribution in [3.05, 3.63) is 95.1 Å². The summed E-state index contributed by atoms with van der Waals surface area (Å²) in [6.07, 6.45) is 0. The van der Waals surface area contributed by atoms with Crippen LogP contribution < -0.4 is 10.0 Å². The van der Waals surface area contributed by atoms with Crippen LogP contribution in [0.3, 0.4) is 0 Å². The highest BCUT2D eigenvalue weighted by atomic mass is 32.2. The van der Waals surface area contributed by atoms with E-state index in [1.54, 1.807) is 43.3 Å². The highest BCUT2D eigenvalue weighted by Gasteiger charge is 2.16. The van der Waals surface area contributed by atoms with Crippen molar-refractivity contribution in [1.82, 2.24) is 5.32 Å². The molecule has 5 nitrogen and oxygen atoms in total. The third kappa shape index (κ3) is 5.73. The Balaban J connectivity index is 1.66. The SMILES string of the molecule is Cc1cc(C(=O)NCc2ccc(C(C)(C)C)cc2)ccc1NS(=O)(=O)c1ccccc1. The molecule has 0 saturated carbocycles. The van der Waals surface area contributed by atoms with E-state index in [-0.39, 0.29) is 16.2 Å². The Morgan fingerprint density at radius 2 is 1.55 bits per heavy atom. The van der Waals surface area contributed by atoms with Crippen LogP contribution in [0.2, 0.25) is 0 Å². The van der Waals surface area contributed by atoms with Gasteiger partial charge < -0.3 is 5.32 Å². The second kappa shape index (κ2) is 8.94. The molecule has 6 heteroatoms. The smallest absolute Gasteiger partial charge is 0.261 e. The van der Waals surface area contributed by atoms with Crippen molar-refractivity contribution >= 4 is 21.6 Å². The molecule has 0 radical (unpaired) electrons. The van der Waals surface area contributed by atoms with Gasteiger partial charge in [-0.25, -0.2) is 8.42 Å². The minimum Gasteiger partial charge on any atom is -0.348 e. The van der Waals surface area contributed by atoms with Crippen LogP contribution in [0.1, 0.15) is 47.8 Å². The molecule has 0 spiro atoms. The highest BCUT2D eigenvalue weighted by Crippen LogP contribution is 2.23. The van der Waals surface area contributed by atoms with E-state index >= 15 is 0 Å². The van der Waals surface area contributed by atoms with Gasteiger partial charge in [0.1, 0.15) is 0 Å². The number of rotatable bonds is 6. The van der Waals surface area contributed by atoms with Crippen molar-refractivity contribution in [2.75, 3.05) is 4.72 Å². The van der Waals surface area contributed by atoms with E-state index < -0.39 is 10.0 Å². The summed E-state index contributed by atoms with van der Waals surface area (Å²) in [5, 5.41) is 2.92. The molecule has 2 N–H and O–H groups in total. The highest BCUT2D eigenvalue weighted by molar-refractivity contribution is 7.92. The summed E-state index contributed by atoms with van der Waals surface area (Å²) in [4.78, 5) is 12.8. The maximum atomic E-state index is 12.6.